The fourth-order valence-corrected chi connectivity index (χ4v) is 10.6. The minimum atomic E-state index is -3.83. The van der Waals surface area contributed by atoms with Gasteiger partial charge in [-0.05, 0) is 66.5 Å². The quantitative estimate of drug-likeness (QED) is 0.124. The fourth-order valence-electron chi connectivity index (χ4n) is 9.24. The Bertz CT molecular complexity index is 2670. The molecule has 5 aromatic rings. The molecule has 0 radical (unpaired) electrons. The maximum absolute atomic E-state index is 13.9. The molecule has 2 amide bonds. The highest BCUT2D eigenvalue weighted by atomic mass is 32.2. The number of nitrogens with zero attached hydrogens (tertiary/aromatic N) is 11. The van der Waals surface area contributed by atoms with Crippen molar-refractivity contribution in [1.82, 2.24) is 54.6 Å². The molecule has 3 aromatic heterocycles. The number of carbonyl (C=O) groups excluding carboxylic acids is 1. The van der Waals surface area contributed by atoms with Gasteiger partial charge in [-0.15, -0.1) is 0 Å². The third kappa shape index (κ3) is 10.7. The first-order valence-corrected chi connectivity index (χ1v) is 25.0. The largest absolute Gasteiger partial charge is 0.492 e. The van der Waals surface area contributed by atoms with Crippen LogP contribution in [0.4, 0.5) is 22.4 Å². The van der Waals surface area contributed by atoms with E-state index in [1.54, 1.807) is 50.2 Å². The van der Waals surface area contributed by atoms with E-state index in [0.29, 0.717) is 92.8 Å². The Morgan fingerprint density at radius 1 is 0.882 bits per heavy atom. The predicted octanol–water partition coefficient (Wildman–Crippen LogP) is 5.07. The number of carboxylic acid groups (broad SMARTS) is 1. The van der Waals surface area contributed by atoms with Crippen molar-refractivity contribution in [3.63, 3.8) is 0 Å². The van der Waals surface area contributed by atoms with Gasteiger partial charge in [0.1, 0.15) is 22.8 Å². The van der Waals surface area contributed by atoms with E-state index in [0.717, 1.165) is 37.4 Å². The summed E-state index contributed by atoms with van der Waals surface area (Å²) in [6, 6.07) is 13.8. The van der Waals surface area contributed by atoms with Gasteiger partial charge in [0, 0.05) is 132 Å². The van der Waals surface area contributed by atoms with Crippen LogP contribution in [-0.2, 0) is 16.4 Å². The third-order valence-corrected chi connectivity index (χ3v) is 16.1. The number of aryl methyl sites for hydroxylation is 1. The zero-order valence-electron chi connectivity index (χ0n) is 40.2. The Hall–Kier alpha value is -5.96. The van der Waals surface area contributed by atoms with Crippen molar-refractivity contribution >= 4 is 50.3 Å². The van der Waals surface area contributed by atoms with Crippen LogP contribution in [0.2, 0.25) is 0 Å². The topological polar surface area (TPSA) is 209 Å². The Balaban J connectivity index is 0.818. The van der Waals surface area contributed by atoms with Gasteiger partial charge < -0.3 is 29.9 Å². The molecule has 0 spiro atoms. The monoisotopic (exact) mass is 951 g/mol. The molecule has 2 aromatic carbocycles. The van der Waals surface area contributed by atoms with Crippen LogP contribution in [0, 0.1) is 13.8 Å². The van der Waals surface area contributed by atoms with Gasteiger partial charge in [0.2, 0.25) is 5.95 Å². The number of sulfone groups is 1. The highest BCUT2D eigenvalue weighted by Crippen LogP contribution is 2.37. The lowest BCUT2D eigenvalue weighted by molar-refractivity contribution is 0.0118. The maximum atomic E-state index is 13.9. The van der Waals surface area contributed by atoms with Crippen molar-refractivity contribution in [2.75, 3.05) is 88.8 Å². The summed E-state index contributed by atoms with van der Waals surface area (Å²) in [6.45, 7) is 21.4. The average Bonchev–Trinajstić information content (AvgIpc) is 3.63. The number of aromatic nitrogens is 6. The van der Waals surface area contributed by atoms with Crippen molar-refractivity contribution in [1.29, 1.82) is 0 Å². The normalized spacial score (nSPS) is 20.2. The van der Waals surface area contributed by atoms with Gasteiger partial charge in [-0.25, -0.2) is 33.1 Å². The number of anilines is 3. The molecule has 0 aliphatic carbocycles. The SMILES string of the molecule is Cc1[nH]nc(Nc2ncnc3cc(OCCCN4CCN(C(=O)c5cnc(N6CCN(C[C@H]7CN(C(=O)O)[C@H](C)CN7Cc7ccccc7)C(C)C6)nc5)CC4)c(S(=O)(=O)C(C)(C)C)cc23)c1C. The molecular weight excluding hydrogens is 887 g/mol. The second-order valence-corrected chi connectivity index (χ2v) is 22.0. The molecule has 1 unspecified atom stereocenters. The summed E-state index contributed by atoms with van der Waals surface area (Å²) >= 11 is 0. The number of H-pyrrole nitrogens is 1. The summed E-state index contributed by atoms with van der Waals surface area (Å²) in [5, 5.41) is 21.0. The Labute approximate surface area is 398 Å². The Morgan fingerprint density at radius 2 is 1.62 bits per heavy atom. The van der Waals surface area contributed by atoms with Gasteiger partial charge in [0.05, 0.1) is 22.4 Å². The molecule has 364 valence electrons. The molecule has 3 aliphatic heterocycles. The maximum Gasteiger partial charge on any atom is 0.407 e. The highest BCUT2D eigenvalue weighted by molar-refractivity contribution is 7.92. The van der Waals surface area contributed by atoms with Crippen LogP contribution in [0.1, 0.15) is 68.2 Å². The second-order valence-electron chi connectivity index (χ2n) is 19.4. The lowest BCUT2D eigenvalue weighted by atomic mass is 10.0. The van der Waals surface area contributed by atoms with Gasteiger partial charge >= 0.3 is 6.09 Å². The number of piperazine rings is 3. The van der Waals surface area contributed by atoms with Gasteiger partial charge in [-0.1, -0.05) is 30.3 Å². The molecule has 3 fully saturated rings. The number of carbonyl (C=O) groups is 2. The molecule has 6 heterocycles. The van der Waals surface area contributed by atoms with Crippen molar-refractivity contribution in [3.8, 4) is 5.75 Å². The molecule has 3 aliphatic rings. The molecule has 3 saturated heterocycles. The van der Waals surface area contributed by atoms with Crippen molar-refractivity contribution < 1.29 is 27.9 Å². The zero-order chi connectivity index (χ0) is 48.3. The van der Waals surface area contributed by atoms with Crippen LogP contribution in [0.3, 0.4) is 0 Å². The van der Waals surface area contributed by atoms with Crippen molar-refractivity contribution in [3.05, 3.63) is 83.6 Å². The van der Waals surface area contributed by atoms with Crippen LogP contribution >= 0.6 is 0 Å². The molecule has 3 N–H and O–H groups in total. The average molecular weight is 952 g/mol. The van der Waals surface area contributed by atoms with E-state index in [2.05, 4.69) is 74.1 Å². The number of hydrogen-bond donors (Lipinski definition) is 3. The highest BCUT2D eigenvalue weighted by Gasteiger charge is 2.38. The third-order valence-electron chi connectivity index (χ3n) is 13.6. The molecular formula is C48H65N13O6S. The van der Waals surface area contributed by atoms with Crippen LogP contribution < -0.4 is 15.0 Å². The summed E-state index contributed by atoms with van der Waals surface area (Å²) in [6.07, 6.45) is 4.46. The minimum absolute atomic E-state index is 0.0579. The number of nitrogens with one attached hydrogen (secondary N) is 2. The molecule has 19 nitrogen and oxygen atoms in total. The van der Waals surface area contributed by atoms with Gasteiger partial charge in [0.25, 0.3) is 5.91 Å². The first-order chi connectivity index (χ1) is 32.5. The lowest BCUT2D eigenvalue weighted by Crippen LogP contribution is -2.63. The van der Waals surface area contributed by atoms with E-state index in [4.69, 9.17) is 4.74 Å². The number of benzene rings is 2. The van der Waals surface area contributed by atoms with E-state index in [1.807, 2.05) is 43.9 Å². The van der Waals surface area contributed by atoms with E-state index < -0.39 is 20.7 Å². The molecule has 68 heavy (non-hydrogen) atoms. The van der Waals surface area contributed by atoms with Crippen LogP contribution in [0.15, 0.2) is 66.1 Å². The van der Waals surface area contributed by atoms with Crippen LogP contribution in [0.25, 0.3) is 10.9 Å². The Kier molecular flexibility index (Phi) is 14.5. The molecule has 3 atom stereocenters. The molecule has 20 heteroatoms. The zero-order valence-corrected chi connectivity index (χ0v) is 41.0. The number of rotatable bonds is 14. The van der Waals surface area contributed by atoms with Crippen molar-refractivity contribution in [2.45, 2.75) is 89.2 Å². The Morgan fingerprint density at radius 3 is 2.28 bits per heavy atom. The van der Waals surface area contributed by atoms with E-state index in [9.17, 15) is 23.1 Å². The first-order valence-electron chi connectivity index (χ1n) is 23.5. The minimum Gasteiger partial charge on any atom is -0.492 e. The van der Waals surface area contributed by atoms with Gasteiger partial charge in [0.15, 0.2) is 15.7 Å². The summed E-state index contributed by atoms with van der Waals surface area (Å²) in [7, 11) is -3.83. The second kappa shape index (κ2) is 20.3. The standard InChI is InChI=1S/C48H65N13O6S/c1-32-26-59(20-19-58(32)29-38-30-61(47(63)64)33(2)27-60(38)28-36-12-9-8-10-13-36)46-49-24-37(25-50-46)45(62)57-17-15-56(16-18-57)14-11-21-67-41-23-40-39(22-42(41)68(65,66)48(5,6)7)44(52-31-51-40)53-43-34(3)35(4)54-55-43/h8-10,12-13,22-25,31-33,38H,11,14-21,26-30H2,1-7H3,(H,63,64)(H2,51,52,53,54,55)/t32?,33-,38+/m1/s1. The molecule has 8 rings (SSSR count). The number of fused-ring (bicyclic) bond motifs is 1. The number of hydrogen-bond acceptors (Lipinski definition) is 15. The van der Waals surface area contributed by atoms with E-state index >= 15 is 0 Å². The van der Waals surface area contributed by atoms with Gasteiger partial charge in [-0.3, -0.25) is 24.6 Å². The molecule has 0 bridgehead atoms. The van der Waals surface area contributed by atoms with Crippen LogP contribution in [-0.4, -0.2) is 182 Å². The number of aromatic amines is 1. The van der Waals surface area contributed by atoms with Crippen LogP contribution in [0.5, 0.6) is 5.75 Å². The first kappa shape index (κ1) is 48.5. The summed E-state index contributed by atoms with van der Waals surface area (Å²) in [4.78, 5) is 56.7. The van der Waals surface area contributed by atoms with E-state index in [-0.39, 0.29) is 41.3 Å². The summed E-state index contributed by atoms with van der Waals surface area (Å²) in [5.74, 6) is 1.77. The lowest BCUT2D eigenvalue weighted by Gasteiger charge is -2.48. The number of ether oxygens (including phenoxy) is 1. The van der Waals surface area contributed by atoms with Gasteiger partial charge in [-0.2, -0.15) is 5.10 Å². The van der Waals surface area contributed by atoms with Crippen molar-refractivity contribution in [2.24, 2.45) is 0 Å². The fraction of sp³-hybridized carbons (Fsp3) is 0.521. The van der Waals surface area contributed by atoms with E-state index in [1.165, 1.54) is 11.9 Å². The molecule has 0 saturated carbocycles. The summed E-state index contributed by atoms with van der Waals surface area (Å²) in [5.41, 5.74) is 4.04. The number of amides is 2. The smallest absolute Gasteiger partial charge is 0.407 e. The predicted molar refractivity (Wildman–Crippen MR) is 260 cm³/mol. The summed E-state index contributed by atoms with van der Waals surface area (Å²) < 4.78 is 33.0.